The Balaban J connectivity index is 3.03. The molecule has 0 fully saturated rings. The fourth-order valence-electron chi connectivity index (χ4n) is 0.535. The van der Waals surface area contributed by atoms with E-state index in [9.17, 15) is 4.79 Å². The predicted molar refractivity (Wildman–Crippen MR) is 38.3 cm³/mol. The average Bonchev–Trinajstić information content (AvgIpc) is 1.68. The Bertz CT molecular complexity index is 63.5. The van der Waals surface area contributed by atoms with Gasteiger partial charge in [0.05, 0.1) is 0 Å². The van der Waals surface area contributed by atoms with Gasteiger partial charge in [-0.25, -0.2) is 0 Å². The molecule has 8 heavy (non-hydrogen) atoms. The van der Waals surface area contributed by atoms with Crippen LogP contribution >= 0.6 is 15.9 Å². The molecule has 0 bridgehead atoms. The zero-order valence-corrected chi connectivity index (χ0v) is 6.65. The highest BCUT2D eigenvalue weighted by molar-refractivity contribution is 9.09. The van der Waals surface area contributed by atoms with Crippen molar-refractivity contribution in [2.45, 2.75) is 31.0 Å². The van der Waals surface area contributed by atoms with Gasteiger partial charge in [0.15, 0.2) is 0 Å². The molecule has 0 N–H and O–H groups in total. The summed E-state index contributed by atoms with van der Waals surface area (Å²) in [5.74, 6) is 0. The number of halogens is 1. The van der Waals surface area contributed by atoms with Gasteiger partial charge in [0.25, 0.3) is 0 Å². The van der Waals surface area contributed by atoms with Gasteiger partial charge in [-0.1, -0.05) is 29.3 Å². The van der Waals surface area contributed by atoms with Gasteiger partial charge in [0.1, 0.15) is 6.29 Å². The molecule has 0 saturated heterocycles. The zero-order valence-electron chi connectivity index (χ0n) is 5.06. The van der Waals surface area contributed by atoms with Gasteiger partial charge in [-0.2, -0.15) is 0 Å². The summed E-state index contributed by atoms with van der Waals surface area (Å²) in [6.07, 6.45) is 3.84. The Labute approximate surface area is 58.6 Å². The maximum Gasteiger partial charge on any atom is 0.121 e. The molecule has 0 heterocycles. The standard InChI is InChI=1S/C6H11BrO/c1-2-3-6(7)4-5-8/h5-6H,2-4H2,1H3. The molecule has 0 aliphatic carbocycles. The lowest BCUT2D eigenvalue weighted by atomic mass is 10.2. The fourth-order valence-corrected chi connectivity index (χ4v) is 1.15. The molecular formula is C6H11BrO. The van der Waals surface area contributed by atoms with E-state index in [1.807, 2.05) is 0 Å². The number of carbonyl (C=O) groups is 1. The van der Waals surface area contributed by atoms with Crippen molar-refractivity contribution in [1.29, 1.82) is 0 Å². The minimum atomic E-state index is 0.407. The van der Waals surface area contributed by atoms with Crippen molar-refractivity contribution in [1.82, 2.24) is 0 Å². The maximum atomic E-state index is 9.86. The molecule has 0 aromatic carbocycles. The van der Waals surface area contributed by atoms with E-state index in [2.05, 4.69) is 22.9 Å². The molecule has 0 aromatic rings. The monoisotopic (exact) mass is 178 g/mol. The van der Waals surface area contributed by atoms with Crippen LogP contribution in [0, 0.1) is 0 Å². The molecule has 0 amide bonds. The second kappa shape index (κ2) is 5.29. The normalized spacial score (nSPS) is 13.2. The van der Waals surface area contributed by atoms with E-state index < -0.39 is 0 Å². The Morgan fingerprint density at radius 2 is 2.38 bits per heavy atom. The number of carbonyl (C=O) groups excluding carboxylic acids is 1. The predicted octanol–water partition coefficient (Wildman–Crippen LogP) is 2.14. The molecule has 0 spiro atoms. The number of hydrogen-bond acceptors (Lipinski definition) is 1. The van der Waals surface area contributed by atoms with Crippen LogP contribution in [0.1, 0.15) is 26.2 Å². The van der Waals surface area contributed by atoms with Gasteiger partial charge in [0, 0.05) is 11.2 Å². The van der Waals surface area contributed by atoms with Crippen LogP contribution in [0.15, 0.2) is 0 Å². The molecule has 0 aliphatic heterocycles. The van der Waals surface area contributed by atoms with Crippen LogP contribution in [0.25, 0.3) is 0 Å². The Kier molecular flexibility index (Phi) is 5.39. The van der Waals surface area contributed by atoms with E-state index in [4.69, 9.17) is 0 Å². The lowest BCUT2D eigenvalue weighted by Gasteiger charge is -1.99. The molecule has 0 radical (unpaired) electrons. The van der Waals surface area contributed by atoms with Crippen LogP contribution in [-0.4, -0.2) is 11.1 Å². The number of aldehydes is 1. The second-order valence-corrected chi connectivity index (χ2v) is 3.08. The van der Waals surface area contributed by atoms with E-state index in [1.165, 1.54) is 0 Å². The van der Waals surface area contributed by atoms with Gasteiger partial charge in [-0.05, 0) is 6.42 Å². The van der Waals surface area contributed by atoms with Crippen molar-refractivity contribution < 1.29 is 4.79 Å². The quantitative estimate of drug-likeness (QED) is 0.477. The van der Waals surface area contributed by atoms with Gasteiger partial charge < -0.3 is 4.79 Å². The summed E-state index contributed by atoms with van der Waals surface area (Å²) < 4.78 is 0. The van der Waals surface area contributed by atoms with Gasteiger partial charge in [0.2, 0.25) is 0 Å². The maximum absolute atomic E-state index is 9.86. The smallest absolute Gasteiger partial charge is 0.121 e. The first kappa shape index (κ1) is 8.15. The molecule has 0 saturated carbocycles. The first-order chi connectivity index (χ1) is 3.81. The largest absolute Gasteiger partial charge is 0.303 e. The van der Waals surface area contributed by atoms with Crippen LogP contribution < -0.4 is 0 Å². The summed E-state index contributed by atoms with van der Waals surface area (Å²) in [7, 11) is 0. The third-order valence-corrected chi connectivity index (χ3v) is 1.79. The van der Waals surface area contributed by atoms with E-state index >= 15 is 0 Å². The highest BCUT2D eigenvalue weighted by Gasteiger charge is 1.98. The molecule has 1 unspecified atom stereocenters. The summed E-state index contributed by atoms with van der Waals surface area (Å²) in [4.78, 5) is 10.3. The molecule has 48 valence electrons. The first-order valence-corrected chi connectivity index (χ1v) is 3.80. The van der Waals surface area contributed by atoms with Crippen molar-refractivity contribution in [3.63, 3.8) is 0 Å². The topological polar surface area (TPSA) is 17.1 Å². The van der Waals surface area contributed by atoms with Crippen LogP contribution in [0.5, 0.6) is 0 Å². The van der Waals surface area contributed by atoms with Crippen molar-refractivity contribution in [2.75, 3.05) is 0 Å². The summed E-state index contributed by atoms with van der Waals surface area (Å²) >= 11 is 3.37. The zero-order chi connectivity index (χ0) is 6.41. The van der Waals surface area contributed by atoms with Crippen molar-refractivity contribution in [2.24, 2.45) is 0 Å². The Hall–Kier alpha value is 0.150. The van der Waals surface area contributed by atoms with Crippen LogP contribution in [0.2, 0.25) is 0 Å². The Morgan fingerprint density at radius 1 is 1.75 bits per heavy atom. The van der Waals surface area contributed by atoms with E-state index in [0.29, 0.717) is 11.2 Å². The minimum absolute atomic E-state index is 0.407. The highest BCUT2D eigenvalue weighted by Crippen LogP contribution is 2.09. The van der Waals surface area contributed by atoms with Crippen LogP contribution in [0.3, 0.4) is 0 Å². The molecule has 0 aromatic heterocycles. The van der Waals surface area contributed by atoms with E-state index in [0.717, 1.165) is 19.1 Å². The lowest BCUT2D eigenvalue weighted by molar-refractivity contribution is -0.107. The SMILES string of the molecule is CCCC(Br)CC=O. The minimum Gasteiger partial charge on any atom is -0.303 e. The second-order valence-electron chi connectivity index (χ2n) is 1.79. The summed E-state index contributed by atoms with van der Waals surface area (Å²) in [6.45, 7) is 2.11. The van der Waals surface area contributed by atoms with Crippen LogP contribution in [0.4, 0.5) is 0 Å². The van der Waals surface area contributed by atoms with Gasteiger partial charge >= 0.3 is 0 Å². The average molecular weight is 179 g/mol. The lowest BCUT2D eigenvalue weighted by Crippen LogP contribution is -1.96. The summed E-state index contributed by atoms with van der Waals surface area (Å²) in [6, 6.07) is 0. The number of rotatable bonds is 4. The molecule has 2 heteroatoms. The molecule has 0 rings (SSSR count). The van der Waals surface area contributed by atoms with Gasteiger partial charge in [-0.3, -0.25) is 0 Å². The van der Waals surface area contributed by atoms with Crippen LogP contribution in [-0.2, 0) is 4.79 Å². The van der Waals surface area contributed by atoms with Gasteiger partial charge in [-0.15, -0.1) is 0 Å². The van der Waals surface area contributed by atoms with Crippen molar-refractivity contribution in [3.8, 4) is 0 Å². The molecule has 1 nitrogen and oxygen atoms in total. The van der Waals surface area contributed by atoms with E-state index in [-0.39, 0.29) is 0 Å². The summed E-state index contributed by atoms with van der Waals surface area (Å²) in [5, 5.41) is 0. The Morgan fingerprint density at radius 3 is 2.75 bits per heavy atom. The van der Waals surface area contributed by atoms with Crippen molar-refractivity contribution >= 4 is 22.2 Å². The third kappa shape index (κ3) is 4.31. The van der Waals surface area contributed by atoms with E-state index in [1.54, 1.807) is 0 Å². The molecule has 1 atom stereocenters. The fraction of sp³-hybridized carbons (Fsp3) is 0.833. The molecular weight excluding hydrogens is 168 g/mol. The highest BCUT2D eigenvalue weighted by atomic mass is 79.9. The third-order valence-electron chi connectivity index (χ3n) is 0.954. The number of hydrogen-bond donors (Lipinski definition) is 0. The first-order valence-electron chi connectivity index (χ1n) is 2.89. The summed E-state index contributed by atoms with van der Waals surface area (Å²) in [5.41, 5.74) is 0. The molecule has 0 aliphatic rings. The number of alkyl halides is 1. The van der Waals surface area contributed by atoms with Crippen molar-refractivity contribution in [3.05, 3.63) is 0 Å².